The first-order valence-corrected chi connectivity index (χ1v) is 6.21. The van der Waals surface area contributed by atoms with Crippen molar-refractivity contribution in [2.45, 2.75) is 6.92 Å². The SMILES string of the molecule is CCOc1cc(C=NO)cc(I)c1OCC(N)=O. The Labute approximate surface area is 118 Å². The summed E-state index contributed by atoms with van der Waals surface area (Å²) in [4.78, 5) is 10.7. The Bertz CT molecular complexity index is 463. The van der Waals surface area contributed by atoms with E-state index in [1.54, 1.807) is 12.1 Å². The Kier molecular flexibility index (Phi) is 5.69. The molecule has 0 unspecified atom stereocenters. The van der Waals surface area contributed by atoms with E-state index in [4.69, 9.17) is 20.4 Å². The van der Waals surface area contributed by atoms with Crippen LogP contribution in [0.25, 0.3) is 0 Å². The quantitative estimate of drug-likeness (QED) is 0.345. The number of hydrogen-bond donors (Lipinski definition) is 2. The molecule has 6 nitrogen and oxygen atoms in total. The maximum absolute atomic E-state index is 10.7. The van der Waals surface area contributed by atoms with E-state index < -0.39 is 5.91 Å². The highest BCUT2D eigenvalue weighted by Gasteiger charge is 2.12. The molecule has 0 aliphatic heterocycles. The molecule has 1 rings (SSSR count). The average Bonchev–Trinajstić information content (AvgIpc) is 2.28. The molecule has 1 amide bonds. The molecule has 0 atom stereocenters. The molecule has 0 spiro atoms. The molecule has 0 bridgehead atoms. The fourth-order valence-electron chi connectivity index (χ4n) is 1.28. The fourth-order valence-corrected chi connectivity index (χ4v) is 2.06. The Hall–Kier alpha value is -1.51. The zero-order valence-electron chi connectivity index (χ0n) is 9.72. The Morgan fingerprint density at radius 2 is 2.28 bits per heavy atom. The van der Waals surface area contributed by atoms with Gasteiger partial charge in [0, 0.05) is 5.56 Å². The first kappa shape index (κ1) is 14.6. The second kappa shape index (κ2) is 7.04. The van der Waals surface area contributed by atoms with Crippen LogP contribution in [0.5, 0.6) is 11.5 Å². The average molecular weight is 364 g/mol. The van der Waals surface area contributed by atoms with Gasteiger partial charge in [0.05, 0.1) is 16.4 Å². The number of ether oxygens (including phenoxy) is 2. The summed E-state index contributed by atoms with van der Waals surface area (Å²) in [5.41, 5.74) is 5.69. The van der Waals surface area contributed by atoms with E-state index >= 15 is 0 Å². The molecule has 7 heteroatoms. The van der Waals surface area contributed by atoms with E-state index in [1.165, 1.54) is 6.21 Å². The minimum absolute atomic E-state index is 0.219. The van der Waals surface area contributed by atoms with Gasteiger partial charge in [0.2, 0.25) is 0 Å². The van der Waals surface area contributed by atoms with Gasteiger partial charge in [-0.1, -0.05) is 5.16 Å². The molecule has 0 aromatic heterocycles. The Morgan fingerprint density at radius 3 is 2.83 bits per heavy atom. The van der Waals surface area contributed by atoms with E-state index in [0.29, 0.717) is 23.7 Å². The Morgan fingerprint density at radius 1 is 1.56 bits per heavy atom. The lowest BCUT2D eigenvalue weighted by atomic mass is 10.2. The van der Waals surface area contributed by atoms with Gasteiger partial charge in [-0.05, 0) is 41.6 Å². The molecule has 1 aromatic rings. The van der Waals surface area contributed by atoms with Crippen molar-refractivity contribution in [2.24, 2.45) is 10.9 Å². The molecule has 0 aliphatic carbocycles. The second-order valence-corrected chi connectivity index (χ2v) is 4.42. The summed E-state index contributed by atoms with van der Waals surface area (Å²) < 4.78 is 11.4. The van der Waals surface area contributed by atoms with Gasteiger partial charge in [0.15, 0.2) is 18.1 Å². The number of carbonyl (C=O) groups excluding carboxylic acids is 1. The third-order valence-corrected chi connectivity index (χ3v) is 2.70. The van der Waals surface area contributed by atoms with Crippen molar-refractivity contribution in [3.8, 4) is 11.5 Å². The zero-order chi connectivity index (χ0) is 13.5. The number of carbonyl (C=O) groups is 1. The number of amides is 1. The largest absolute Gasteiger partial charge is 0.490 e. The standard InChI is InChI=1S/C11H13IN2O4/c1-2-17-9-4-7(5-14-16)3-8(12)11(9)18-6-10(13)15/h3-5,16H,2,6H2,1H3,(H2,13,15). The predicted octanol–water partition coefficient (Wildman–Crippen LogP) is 1.36. The Balaban J connectivity index is 3.09. The van der Waals surface area contributed by atoms with Crippen molar-refractivity contribution in [1.82, 2.24) is 0 Å². The van der Waals surface area contributed by atoms with Crippen LogP contribution in [-0.2, 0) is 4.79 Å². The number of benzene rings is 1. The van der Waals surface area contributed by atoms with E-state index in [2.05, 4.69) is 5.16 Å². The lowest BCUT2D eigenvalue weighted by molar-refractivity contribution is -0.119. The summed E-state index contributed by atoms with van der Waals surface area (Å²) in [5.74, 6) is 0.362. The van der Waals surface area contributed by atoms with Crippen LogP contribution in [0.15, 0.2) is 17.3 Å². The highest BCUT2D eigenvalue weighted by Crippen LogP contribution is 2.33. The van der Waals surface area contributed by atoms with Gasteiger partial charge >= 0.3 is 0 Å². The van der Waals surface area contributed by atoms with Gasteiger partial charge in [0.25, 0.3) is 5.91 Å². The monoisotopic (exact) mass is 364 g/mol. The highest BCUT2D eigenvalue weighted by molar-refractivity contribution is 14.1. The van der Waals surface area contributed by atoms with Gasteiger partial charge in [-0.3, -0.25) is 4.79 Å². The van der Waals surface area contributed by atoms with E-state index in [0.717, 1.165) is 3.57 Å². The molecule has 18 heavy (non-hydrogen) atoms. The van der Waals surface area contributed by atoms with Crippen LogP contribution in [0.4, 0.5) is 0 Å². The van der Waals surface area contributed by atoms with Crippen LogP contribution in [0.3, 0.4) is 0 Å². The minimum Gasteiger partial charge on any atom is -0.490 e. The van der Waals surface area contributed by atoms with Gasteiger partial charge < -0.3 is 20.4 Å². The number of nitrogens with zero attached hydrogens (tertiary/aromatic N) is 1. The molecule has 0 radical (unpaired) electrons. The normalized spacial score (nSPS) is 10.6. The highest BCUT2D eigenvalue weighted by atomic mass is 127. The van der Waals surface area contributed by atoms with Crippen molar-refractivity contribution in [3.05, 3.63) is 21.3 Å². The molecule has 1 aromatic carbocycles. The molecular formula is C11H13IN2O4. The van der Waals surface area contributed by atoms with Crippen LogP contribution in [0, 0.1) is 3.57 Å². The molecule has 0 saturated carbocycles. The van der Waals surface area contributed by atoms with E-state index in [1.807, 2.05) is 29.5 Å². The number of rotatable bonds is 6. The first-order valence-electron chi connectivity index (χ1n) is 5.13. The topological polar surface area (TPSA) is 94.1 Å². The lowest BCUT2D eigenvalue weighted by Crippen LogP contribution is -2.20. The number of halogens is 1. The molecular weight excluding hydrogens is 351 g/mol. The molecule has 3 N–H and O–H groups in total. The molecule has 0 heterocycles. The molecule has 0 fully saturated rings. The summed E-state index contributed by atoms with van der Waals surface area (Å²) in [6, 6.07) is 3.39. The van der Waals surface area contributed by atoms with Crippen LogP contribution in [0.1, 0.15) is 12.5 Å². The van der Waals surface area contributed by atoms with Crippen molar-refractivity contribution in [1.29, 1.82) is 0 Å². The van der Waals surface area contributed by atoms with E-state index in [-0.39, 0.29) is 6.61 Å². The third-order valence-electron chi connectivity index (χ3n) is 1.90. The number of hydrogen-bond acceptors (Lipinski definition) is 5. The van der Waals surface area contributed by atoms with Crippen molar-refractivity contribution in [3.63, 3.8) is 0 Å². The number of nitrogens with two attached hydrogens (primary N) is 1. The van der Waals surface area contributed by atoms with Crippen molar-refractivity contribution < 1.29 is 19.5 Å². The summed E-state index contributed by atoms with van der Waals surface area (Å²) in [6.45, 7) is 2.06. The number of oxime groups is 1. The van der Waals surface area contributed by atoms with Crippen LogP contribution in [0.2, 0.25) is 0 Å². The minimum atomic E-state index is -0.561. The summed E-state index contributed by atoms with van der Waals surface area (Å²) in [6.07, 6.45) is 1.28. The smallest absolute Gasteiger partial charge is 0.255 e. The fraction of sp³-hybridized carbons (Fsp3) is 0.273. The van der Waals surface area contributed by atoms with Crippen LogP contribution in [-0.4, -0.2) is 30.5 Å². The molecule has 98 valence electrons. The van der Waals surface area contributed by atoms with Gasteiger partial charge in [-0.25, -0.2) is 0 Å². The second-order valence-electron chi connectivity index (χ2n) is 3.26. The van der Waals surface area contributed by atoms with Gasteiger partial charge in [-0.2, -0.15) is 0 Å². The van der Waals surface area contributed by atoms with Crippen LogP contribution >= 0.6 is 22.6 Å². The van der Waals surface area contributed by atoms with Crippen LogP contribution < -0.4 is 15.2 Å². The molecule has 0 aliphatic rings. The third kappa shape index (κ3) is 4.06. The van der Waals surface area contributed by atoms with Crippen molar-refractivity contribution in [2.75, 3.05) is 13.2 Å². The summed E-state index contributed by atoms with van der Waals surface area (Å²) >= 11 is 2.04. The van der Waals surface area contributed by atoms with Gasteiger partial charge in [0.1, 0.15) is 0 Å². The zero-order valence-corrected chi connectivity index (χ0v) is 11.9. The lowest BCUT2D eigenvalue weighted by Gasteiger charge is -2.13. The maximum Gasteiger partial charge on any atom is 0.255 e. The predicted molar refractivity (Wildman–Crippen MR) is 74.4 cm³/mol. The van der Waals surface area contributed by atoms with E-state index in [9.17, 15) is 4.79 Å². The van der Waals surface area contributed by atoms with Crippen molar-refractivity contribution >= 4 is 34.7 Å². The summed E-state index contributed by atoms with van der Waals surface area (Å²) in [5, 5.41) is 11.5. The molecule has 0 saturated heterocycles. The van der Waals surface area contributed by atoms with Gasteiger partial charge in [-0.15, -0.1) is 0 Å². The summed E-state index contributed by atoms with van der Waals surface area (Å²) in [7, 11) is 0. The maximum atomic E-state index is 10.7. The first-order chi connectivity index (χ1) is 8.58. The number of primary amides is 1.